The number of hydrogen-bond acceptors (Lipinski definition) is 5. The molecule has 7 nitrogen and oxygen atoms in total. The van der Waals surface area contributed by atoms with E-state index >= 15 is 0 Å². The van der Waals surface area contributed by atoms with E-state index in [1.54, 1.807) is 16.7 Å². The third kappa shape index (κ3) is 4.23. The van der Waals surface area contributed by atoms with Gasteiger partial charge in [-0.3, -0.25) is 4.79 Å². The maximum Gasteiger partial charge on any atom is 0.254 e. The van der Waals surface area contributed by atoms with Crippen molar-refractivity contribution in [3.05, 3.63) is 58.5 Å². The maximum absolute atomic E-state index is 12.4. The Morgan fingerprint density at radius 3 is 2.43 bits per heavy atom. The molecule has 0 bridgehead atoms. The van der Waals surface area contributed by atoms with Crippen LogP contribution in [0, 0.1) is 6.92 Å². The lowest BCUT2D eigenvalue weighted by Crippen LogP contribution is -2.56. The van der Waals surface area contributed by atoms with Crippen molar-refractivity contribution in [3.8, 4) is 11.5 Å². The predicted molar refractivity (Wildman–Crippen MR) is 105 cm³/mol. The minimum atomic E-state index is -3.38. The van der Waals surface area contributed by atoms with E-state index in [9.17, 15) is 13.2 Å². The number of hydrogen-bond donors (Lipinski definition) is 0. The molecule has 0 amide bonds. The smallest absolute Gasteiger partial charge is 0.254 e. The zero-order valence-electron chi connectivity index (χ0n) is 15.8. The quantitative estimate of drug-likeness (QED) is 0.672. The summed E-state index contributed by atoms with van der Waals surface area (Å²) in [7, 11) is -3.38. The zero-order valence-corrected chi connectivity index (χ0v) is 16.6. The van der Waals surface area contributed by atoms with Gasteiger partial charge >= 0.3 is 0 Å². The molecule has 2 heterocycles. The van der Waals surface area contributed by atoms with Crippen LogP contribution in [0.1, 0.15) is 24.6 Å². The SMILES string of the molecule is Cc1cc(OC2CN(S(=O)(=O)CCOc3ccccc3)C2)cc(=O)n1C1CC1. The lowest BCUT2D eigenvalue weighted by molar-refractivity contribution is 0.0756. The zero-order chi connectivity index (χ0) is 19.7. The van der Waals surface area contributed by atoms with E-state index in [-0.39, 0.29) is 24.0 Å². The molecule has 0 atom stereocenters. The van der Waals surface area contributed by atoms with Crippen LogP contribution in [0.15, 0.2) is 47.3 Å². The van der Waals surface area contributed by atoms with Crippen LogP contribution in [0.2, 0.25) is 0 Å². The summed E-state index contributed by atoms with van der Waals surface area (Å²) in [5.74, 6) is 1.08. The van der Waals surface area contributed by atoms with Gasteiger partial charge in [-0.1, -0.05) is 18.2 Å². The molecule has 0 N–H and O–H groups in total. The van der Waals surface area contributed by atoms with E-state index in [1.165, 1.54) is 10.4 Å². The molecule has 0 spiro atoms. The van der Waals surface area contributed by atoms with Gasteiger partial charge in [0.25, 0.3) is 5.56 Å². The number of pyridine rings is 1. The van der Waals surface area contributed by atoms with Crippen molar-refractivity contribution in [1.29, 1.82) is 0 Å². The highest BCUT2D eigenvalue weighted by atomic mass is 32.2. The van der Waals surface area contributed by atoms with Gasteiger partial charge in [0.2, 0.25) is 10.0 Å². The molecule has 1 saturated carbocycles. The summed E-state index contributed by atoms with van der Waals surface area (Å²) in [6.45, 7) is 2.58. The Kier molecular flexibility index (Phi) is 5.16. The van der Waals surface area contributed by atoms with Crippen molar-refractivity contribution in [1.82, 2.24) is 8.87 Å². The van der Waals surface area contributed by atoms with Crippen LogP contribution in [0.4, 0.5) is 0 Å². The molecule has 0 radical (unpaired) electrons. The first-order chi connectivity index (χ1) is 13.4. The number of aromatic nitrogens is 1. The molecule has 2 fully saturated rings. The van der Waals surface area contributed by atoms with Gasteiger partial charge in [0.15, 0.2) is 0 Å². The first-order valence-corrected chi connectivity index (χ1v) is 11.1. The largest absolute Gasteiger partial charge is 0.492 e. The maximum atomic E-state index is 12.4. The number of para-hydroxylation sites is 1. The van der Waals surface area contributed by atoms with Gasteiger partial charge < -0.3 is 14.0 Å². The van der Waals surface area contributed by atoms with E-state index in [4.69, 9.17) is 9.47 Å². The average molecular weight is 404 g/mol. The van der Waals surface area contributed by atoms with Crippen LogP contribution in [0.5, 0.6) is 11.5 Å². The van der Waals surface area contributed by atoms with Crippen LogP contribution in [-0.4, -0.2) is 48.8 Å². The van der Waals surface area contributed by atoms with Crippen LogP contribution in [0.3, 0.4) is 0 Å². The molecular formula is C20H24N2O5S. The molecule has 1 aromatic carbocycles. The highest BCUT2D eigenvalue weighted by molar-refractivity contribution is 7.89. The Morgan fingerprint density at radius 1 is 1.07 bits per heavy atom. The molecule has 150 valence electrons. The summed E-state index contributed by atoms with van der Waals surface area (Å²) >= 11 is 0. The van der Waals surface area contributed by atoms with Crippen molar-refractivity contribution in [3.63, 3.8) is 0 Å². The van der Waals surface area contributed by atoms with Crippen molar-refractivity contribution in [2.45, 2.75) is 31.9 Å². The van der Waals surface area contributed by atoms with E-state index in [2.05, 4.69) is 0 Å². The topological polar surface area (TPSA) is 77.8 Å². The minimum Gasteiger partial charge on any atom is -0.492 e. The van der Waals surface area contributed by atoms with Gasteiger partial charge in [0, 0.05) is 17.8 Å². The first kappa shape index (κ1) is 19.0. The predicted octanol–water partition coefficient (Wildman–Crippen LogP) is 1.96. The van der Waals surface area contributed by atoms with Crippen LogP contribution >= 0.6 is 0 Å². The number of sulfonamides is 1. The van der Waals surface area contributed by atoms with Crippen molar-refractivity contribution in [2.75, 3.05) is 25.4 Å². The second-order valence-electron chi connectivity index (χ2n) is 7.31. The van der Waals surface area contributed by atoms with Crippen LogP contribution < -0.4 is 15.0 Å². The monoisotopic (exact) mass is 404 g/mol. The van der Waals surface area contributed by atoms with Crippen LogP contribution in [0.25, 0.3) is 0 Å². The minimum absolute atomic E-state index is 0.0561. The second kappa shape index (κ2) is 7.60. The lowest BCUT2D eigenvalue weighted by Gasteiger charge is -2.37. The molecular weight excluding hydrogens is 380 g/mol. The van der Waals surface area contributed by atoms with Crippen molar-refractivity contribution >= 4 is 10.0 Å². The molecule has 0 unspecified atom stereocenters. The number of aryl methyl sites for hydroxylation is 1. The summed E-state index contributed by atoms with van der Waals surface area (Å²) in [5.41, 5.74) is 0.825. The highest BCUT2D eigenvalue weighted by Crippen LogP contribution is 2.35. The number of rotatable bonds is 8. The molecule has 2 aliphatic rings. The Labute approximate surface area is 164 Å². The molecule has 1 aliphatic heterocycles. The third-order valence-corrected chi connectivity index (χ3v) is 6.78. The Morgan fingerprint density at radius 2 is 1.79 bits per heavy atom. The van der Waals surface area contributed by atoms with Gasteiger partial charge in [-0.05, 0) is 38.0 Å². The molecule has 1 aromatic heterocycles. The average Bonchev–Trinajstić information content (AvgIpc) is 3.42. The molecule has 1 saturated heterocycles. The summed E-state index contributed by atoms with van der Waals surface area (Å²) in [6.07, 6.45) is 1.86. The normalized spacial score (nSPS) is 17.9. The number of benzene rings is 1. The summed E-state index contributed by atoms with van der Waals surface area (Å²) < 4.78 is 39.2. The van der Waals surface area contributed by atoms with Gasteiger partial charge in [-0.2, -0.15) is 4.31 Å². The molecule has 1 aliphatic carbocycles. The highest BCUT2D eigenvalue weighted by Gasteiger charge is 2.37. The van der Waals surface area contributed by atoms with Gasteiger partial charge in [-0.25, -0.2) is 8.42 Å². The van der Waals surface area contributed by atoms with E-state index in [1.807, 2.05) is 31.2 Å². The van der Waals surface area contributed by atoms with Gasteiger partial charge in [-0.15, -0.1) is 0 Å². The molecule has 28 heavy (non-hydrogen) atoms. The Balaban J connectivity index is 1.27. The van der Waals surface area contributed by atoms with Crippen molar-refractivity contribution < 1.29 is 17.9 Å². The fourth-order valence-corrected chi connectivity index (χ4v) is 4.70. The summed E-state index contributed by atoms with van der Waals surface area (Å²) in [6, 6.07) is 12.8. The summed E-state index contributed by atoms with van der Waals surface area (Å²) in [5, 5.41) is 0. The standard InChI is InChI=1S/C20H24N2O5S/c1-15-11-18(12-20(23)22(15)16-7-8-16)27-19-13-21(14-19)28(24,25)10-9-26-17-5-3-2-4-6-17/h2-6,11-12,16,19H,7-10,13-14H2,1H3. The van der Waals surface area contributed by atoms with Crippen LogP contribution in [-0.2, 0) is 10.0 Å². The van der Waals surface area contributed by atoms with Crippen molar-refractivity contribution in [2.24, 2.45) is 0 Å². The lowest BCUT2D eigenvalue weighted by atomic mass is 10.2. The molecule has 8 heteroatoms. The summed E-state index contributed by atoms with van der Waals surface area (Å²) in [4.78, 5) is 12.3. The van der Waals surface area contributed by atoms with E-state index < -0.39 is 10.0 Å². The molecule has 4 rings (SSSR count). The Bertz CT molecular complexity index is 993. The first-order valence-electron chi connectivity index (χ1n) is 9.48. The number of ether oxygens (including phenoxy) is 2. The van der Waals surface area contributed by atoms with E-state index in [0.717, 1.165) is 18.5 Å². The third-order valence-electron chi connectivity index (χ3n) is 5.01. The van der Waals surface area contributed by atoms with Gasteiger partial charge in [0.05, 0.1) is 18.8 Å². The van der Waals surface area contributed by atoms with E-state index in [0.29, 0.717) is 30.6 Å². The fraction of sp³-hybridized carbons (Fsp3) is 0.450. The van der Waals surface area contributed by atoms with Gasteiger partial charge in [0.1, 0.15) is 24.2 Å². The second-order valence-corrected chi connectivity index (χ2v) is 9.39. The Hall–Kier alpha value is -2.32. The fourth-order valence-electron chi connectivity index (χ4n) is 3.36. The molecule has 2 aromatic rings. The number of nitrogens with zero attached hydrogens (tertiary/aromatic N) is 2.